The van der Waals surface area contributed by atoms with Crippen LogP contribution in [0.2, 0.25) is 0 Å². The molecule has 0 saturated heterocycles. The summed E-state index contributed by atoms with van der Waals surface area (Å²) in [5, 5.41) is 3.04. The van der Waals surface area contributed by atoms with E-state index >= 15 is 0 Å². The van der Waals surface area contributed by atoms with Crippen molar-refractivity contribution in [3.8, 4) is 5.75 Å². The molecule has 3 N–H and O–H groups in total. The summed E-state index contributed by atoms with van der Waals surface area (Å²) >= 11 is 0. The Hall–Kier alpha value is -1.55. The van der Waals surface area contributed by atoms with Crippen molar-refractivity contribution in [3.63, 3.8) is 0 Å². The smallest absolute Gasteiger partial charge is 0.227 e. The lowest BCUT2D eigenvalue weighted by Crippen LogP contribution is -2.44. The molecule has 118 valence electrons. The van der Waals surface area contributed by atoms with Gasteiger partial charge in [0.25, 0.3) is 0 Å². The predicted octanol–water partition coefficient (Wildman–Crippen LogP) is 3.03. The highest BCUT2D eigenvalue weighted by Crippen LogP contribution is 2.23. The number of benzene rings is 1. The Morgan fingerprint density at radius 3 is 2.29 bits per heavy atom. The van der Waals surface area contributed by atoms with Crippen LogP contribution in [0.5, 0.6) is 5.75 Å². The molecule has 2 atom stereocenters. The third-order valence-electron chi connectivity index (χ3n) is 3.88. The van der Waals surface area contributed by atoms with Gasteiger partial charge in [0, 0.05) is 6.54 Å². The van der Waals surface area contributed by atoms with Gasteiger partial charge in [0.05, 0.1) is 17.6 Å². The molecule has 0 bridgehead atoms. The molecule has 4 nitrogen and oxygen atoms in total. The summed E-state index contributed by atoms with van der Waals surface area (Å²) in [6.45, 7) is 10.2. The second-order valence-electron chi connectivity index (χ2n) is 6.05. The topological polar surface area (TPSA) is 64.4 Å². The van der Waals surface area contributed by atoms with Gasteiger partial charge in [0.2, 0.25) is 5.91 Å². The third-order valence-corrected chi connectivity index (χ3v) is 3.88. The van der Waals surface area contributed by atoms with Crippen LogP contribution < -0.4 is 15.8 Å². The van der Waals surface area contributed by atoms with Crippen molar-refractivity contribution in [2.75, 3.05) is 6.54 Å². The molecule has 4 heteroatoms. The molecule has 0 aliphatic heterocycles. The van der Waals surface area contributed by atoms with Gasteiger partial charge in [0.1, 0.15) is 5.75 Å². The molecular weight excluding hydrogens is 264 g/mol. The van der Waals surface area contributed by atoms with Crippen molar-refractivity contribution in [1.82, 2.24) is 5.32 Å². The van der Waals surface area contributed by atoms with E-state index in [9.17, 15) is 4.79 Å². The van der Waals surface area contributed by atoms with Gasteiger partial charge >= 0.3 is 0 Å². The normalized spacial score (nSPS) is 15.4. The van der Waals surface area contributed by atoms with E-state index in [0.29, 0.717) is 6.54 Å². The van der Waals surface area contributed by atoms with Gasteiger partial charge in [-0.25, -0.2) is 0 Å². The fraction of sp³-hybridized carbons (Fsp3) is 0.588. The molecule has 0 radical (unpaired) electrons. The molecule has 1 aromatic rings. The number of hydrogen-bond donors (Lipinski definition) is 2. The highest BCUT2D eigenvalue weighted by molar-refractivity contribution is 5.82. The lowest BCUT2D eigenvalue weighted by atomic mass is 9.86. The van der Waals surface area contributed by atoms with Crippen LogP contribution in [0.3, 0.4) is 0 Å². The van der Waals surface area contributed by atoms with Crippen molar-refractivity contribution in [2.24, 2.45) is 11.1 Å². The van der Waals surface area contributed by atoms with Crippen LogP contribution in [0.4, 0.5) is 0 Å². The highest BCUT2D eigenvalue weighted by Gasteiger charge is 2.30. The second-order valence-corrected chi connectivity index (χ2v) is 6.05. The van der Waals surface area contributed by atoms with E-state index in [1.165, 1.54) is 0 Å². The van der Waals surface area contributed by atoms with Crippen LogP contribution in [0.25, 0.3) is 0 Å². The summed E-state index contributed by atoms with van der Waals surface area (Å²) in [6.07, 6.45) is 0.881. The molecule has 0 saturated carbocycles. The minimum atomic E-state index is -0.505. The largest absolute Gasteiger partial charge is 0.491 e. The molecule has 0 fully saturated rings. The van der Waals surface area contributed by atoms with E-state index in [0.717, 1.165) is 17.7 Å². The maximum atomic E-state index is 12.3. The Balaban J connectivity index is 2.71. The van der Waals surface area contributed by atoms with Crippen LogP contribution in [-0.2, 0) is 4.79 Å². The first-order valence-electron chi connectivity index (χ1n) is 7.60. The number of hydrogen-bond acceptors (Lipinski definition) is 3. The van der Waals surface area contributed by atoms with E-state index in [1.54, 1.807) is 0 Å². The summed E-state index contributed by atoms with van der Waals surface area (Å²) in [5.41, 5.74) is 6.27. The van der Waals surface area contributed by atoms with Gasteiger partial charge in [-0.1, -0.05) is 19.1 Å². The van der Waals surface area contributed by atoms with Crippen molar-refractivity contribution < 1.29 is 9.53 Å². The fourth-order valence-electron chi connectivity index (χ4n) is 1.96. The number of carbonyl (C=O) groups is 1. The average Bonchev–Trinajstić information content (AvgIpc) is 2.46. The SMILES string of the molecule is CCC(C)(CN)C(=O)NC(C)c1ccc(OC(C)C)cc1. The molecule has 0 aromatic heterocycles. The van der Waals surface area contributed by atoms with E-state index in [2.05, 4.69) is 5.32 Å². The summed E-state index contributed by atoms with van der Waals surface area (Å²) in [6, 6.07) is 7.77. The molecule has 0 spiro atoms. The summed E-state index contributed by atoms with van der Waals surface area (Å²) in [7, 11) is 0. The zero-order valence-electron chi connectivity index (χ0n) is 13.8. The predicted molar refractivity (Wildman–Crippen MR) is 86.2 cm³/mol. The van der Waals surface area contributed by atoms with Crippen LogP contribution in [-0.4, -0.2) is 18.6 Å². The molecule has 2 unspecified atom stereocenters. The van der Waals surface area contributed by atoms with Crippen LogP contribution in [0.15, 0.2) is 24.3 Å². The molecule has 0 aliphatic carbocycles. The van der Waals surface area contributed by atoms with Crippen molar-refractivity contribution in [1.29, 1.82) is 0 Å². The van der Waals surface area contributed by atoms with Gasteiger partial charge < -0.3 is 15.8 Å². The molecule has 1 aromatic carbocycles. The van der Waals surface area contributed by atoms with Gasteiger partial charge in [-0.2, -0.15) is 0 Å². The zero-order chi connectivity index (χ0) is 16.0. The standard InChI is InChI=1S/C17H28N2O2/c1-6-17(5,11-18)16(20)19-13(4)14-7-9-15(10-8-14)21-12(2)3/h7-10,12-13H,6,11,18H2,1-5H3,(H,19,20). The Labute approximate surface area is 128 Å². The van der Waals surface area contributed by atoms with Crippen LogP contribution in [0, 0.1) is 5.41 Å². The maximum Gasteiger partial charge on any atom is 0.227 e. The lowest BCUT2D eigenvalue weighted by Gasteiger charge is -2.27. The Kier molecular flexibility index (Phi) is 6.21. The quantitative estimate of drug-likeness (QED) is 0.812. The summed E-state index contributed by atoms with van der Waals surface area (Å²) in [5.74, 6) is 0.843. The van der Waals surface area contributed by atoms with Gasteiger partial charge in [0.15, 0.2) is 0 Å². The first kappa shape index (κ1) is 17.5. The third kappa shape index (κ3) is 4.74. The average molecular weight is 292 g/mol. The van der Waals surface area contributed by atoms with E-state index in [-0.39, 0.29) is 18.1 Å². The first-order chi connectivity index (χ1) is 9.82. The Morgan fingerprint density at radius 1 is 1.29 bits per heavy atom. The number of rotatable bonds is 7. The molecule has 1 amide bonds. The number of nitrogens with two attached hydrogens (primary N) is 1. The lowest BCUT2D eigenvalue weighted by molar-refractivity contribution is -0.130. The zero-order valence-corrected chi connectivity index (χ0v) is 13.8. The van der Waals surface area contributed by atoms with E-state index in [1.807, 2.05) is 58.9 Å². The van der Waals surface area contributed by atoms with Crippen molar-refractivity contribution >= 4 is 5.91 Å². The van der Waals surface area contributed by atoms with Gasteiger partial charge in [-0.05, 0) is 51.8 Å². The second kappa shape index (κ2) is 7.46. The van der Waals surface area contributed by atoms with Gasteiger partial charge in [-0.15, -0.1) is 0 Å². The highest BCUT2D eigenvalue weighted by atomic mass is 16.5. The molecule has 0 heterocycles. The first-order valence-corrected chi connectivity index (χ1v) is 7.60. The van der Waals surface area contributed by atoms with E-state index < -0.39 is 5.41 Å². The number of carbonyl (C=O) groups excluding carboxylic acids is 1. The summed E-state index contributed by atoms with van der Waals surface area (Å²) in [4.78, 5) is 12.3. The Morgan fingerprint density at radius 2 is 1.86 bits per heavy atom. The van der Waals surface area contributed by atoms with Crippen molar-refractivity contribution in [2.45, 2.75) is 53.2 Å². The fourth-order valence-corrected chi connectivity index (χ4v) is 1.96. The van der Waals surface area contributed by atoms with Crippen LogP contribution >= 0.6 is 0 Å². The number of nitrogens with one attached hydrogen (secondary N) is 1. The minimum absolute atomic E-state index is 0.00232. The maximum absolute atomic E-state index is 12.3. The molecule has 1 rings (SSSR count). The summed E-state index contributed by atoms with van der Waals surface area (Å²) < 4.78 is 5.62. The van der Waals surface area contributed by atoms with Gasteiger partial charge in [-0.3, -0.25) is 4.79 Å². The minimum Gasteiger partial charge on any atom is -0.491 e. The molecule has 21 heavy (non-hydrogen) atoms. The Bertz CT molecular complexity index is 450. The molecule has 0 aliphatic rings. The van der Waals surface area contributed by atoms with Crippen molar-refractivity contribution in [3.05, 3.63) is 29.8 Å². The number of ether oxygens (including phenoxy) is 1. The van der Waals surface area contributed by atoms with E-state index in [4.69, 9.17) is 10.5 Å². The van der Waals surface area contributed by atoms with Crippen LogP contribution in [0.1, 0.15) is 52.6 Å². The molecular formula is C17H28N2O2. The number of amides is 1. The monoisotopic (exact) mass is 292 g/mol.